The maximum Gasteiger partial charge on any atom is 0.275 e. The fraction of sp³-hybridized carbons (Fsp3) is 0.261. The number of hydrogen-bond donors (Lipinski definition) is 1. The summed E-state index contributed by atoms with van der Waals surface area (Å²) < 4.78 is 0. The van der Waals surface area contributed by atoms with Crippen LogP contribution in [0.15, 0.2) is 60.9 Å². The minimum absolute atomic E-state index is 0.254. The average Bonchev–Trinajstić information content (AvgIpc) is 2.70. The van der Waals surface area contributed by atoms with E-state index in [0.29, 0.717) is 5.69 Å². The molecular formula is C23H26N4O. The fourth-order valence-electron chi connectivity index (χ4n) is 2.97. The molecule has 3 rings (SSSR count). The van der Waals surface area contributed by atoms with Crippen LogP contribution in [0, 0.1) is 13.8 Å². The lowest BCUT2D eigenvalue weighted by atomic mass is 10.1. The molecule has 28 heavy (non-hydrogen) atoms. The Morgan fingerprint density at radius 2 is 1.75 bits per heavy atom. The molecule has 144 valence electrons. The molecule has 0 aliphatic rings. The van der Waals surface area contributed by atoms with E-state index in [4.69, 9.17) is 0 Å². The van der Waals surface area contributed by atoms with Crippen LogP contribution in [0.1, 0.15) is 41.0 Å². The zero-order valence-corrected chi connectivity index (χ0v) is 16.8. The van der Waals surface area contributed by atoms with Gasteiger partial charge in [0.05, 0.1) is 12.4 Å². The van der Waals surface area contributed by atoms with Crippen LogP contribution in [0.3, 0.4) is 0 Å². The van der Waals surface area contributed by atoms with E-state index in [9.17, 15) is 4.79 Å². The molecule has 0 saturated carbocycles. The number of benzene rings is 2. The lowest BCUT2D eigenvalue weighted by Gasteiger charge is -2.27. The van der Waals surface area contributed by atoms with E-state index in [2.05, 4.69) is 46.2 Å². The van der Waals surface area contributed by atoms with Gasteiger partial charge in [0.2, 0.25) is 0 Å². The topological polar surface area (TPSA) is 58.1 Å². The van der Waals surface area contributed by atoms with E-state index in [0.717, 1.165) is 29.2 Å². The summed E-state index contributed by atoms with van der Waals surface area (Å²) in [6.07, 6.45) is 3.21. The van der Waals surface area contributed by atoms with Gasteiger partial charge in [-0.05, 0) is 50.5 Å². The van der Waals surface area contributed by atoms with Gasteiger partial charge in [0.25, 0.3) is 5.91 Å². The van der Waals surface area contributed by atoms with E-state index in [-0.39, 0.29) is 11.9 Å². The lowest BCUT2D eigenvalue weighted by molar-refractivity contribution is 0.102. The van der Waals surface area contributed by atoms with E-state index in [1.54, 1.807) is 6.20 Å². The Bertz CT molecular complexity index is 937. The summed E-state index contributed by atoms with van der Waals surface area (Å²) in [7, 11) is 0. The van der Waals surface area contributed by atoms with Crippen LogP contribution < -0.4 is 10.2 Å². The van der Waals surface area contributed by atoms with Crippen molar-refractivity contribution >= 4 is 17.4 Å². The summed E-state index contributed by atoms with van der Waals surface area (Å²) in [5.74, 6) is 0.494. The van der Waals surface area contributed by atoms with Crippen LogP contribution in [0.5, 0.6) is 0 Å². The number of carbonyl (C=O) groups is 1. The van der Waals surface area contributed by atoms with Crippen molar-refractivity contribution in [2.45, 2.75) is 40.3 Å². The first kappa shape index (κ1) is 19.5. The quantitative estimate of drug-likeness (QED) is 0.676. The van der Waals surface area contributed by atoms with Crippen LogP contribution in [0.4, 0.5) is 11.5 Å². The predicted octanol–water partition coefficient (Wildman–Crippen LogP) is 4.76. The second kappa shape index (κ2) is 8.65. The van der Waals surface area contributed by atoms with Gasteiger partial charge >= 0.3 is 0 Å². The van der Waals surface area contributed by atoms with Gasteiger partial charge in [-0.25, -0.2) is 9.97 Å². The second-order valence-electron chi connectivity index (χ2n) is 7.17. The van der Waals surface area contributed by atoms with Gasteiger partial charge in [-0.3, -0.25) is 4.79 Å². The summed E-state index contributed by atoms with van der Waals surface area (Å²) in [6, 6.07) is 16.3. The molecule has 1 heterocycles. The first-order valence-corrected chi connectivity index (χ1v) is 9.46. The molecule has 0 atom stereocenters. The third-order valence-corrected chi connectivity index (χ3v) is 4.84. The number of anilines is 2. The van der Waals surface area contributed by atoms with Crippen LogP contribution in [-0.2, 0) is 6.54 Å². The van der Waals surface area contributed by atoms with Crippen molar-refractivity contribution < 1.29 is 4.79 Å². The van der Waals surface area contributed by atoms with Crippen molar-refractivity contribution in [2.24, 2.45) is 0 Å². The summed E-state index contributed by atoms with van der Waals surface area (Å²) in [4.78, 5) is 23.6. The van der Waals surface area contributed by atoms with Crippen molar-refractivity contribution in [1.29, 1.82) is 0 Å². The maximum absolute atomic E-state index is 12.6. The molecule has 0 radical (unpaired) electrons. The molecule has 1 N–H and O–H groups in total. The highest BCUT2D eigenvalue weighted by Gasteiger charge is 2.15. The molecule has 5 nitrogen and oxygen atoms in total. The third kappa shape index (κ3) is 4.55. The minimum Gasteiger partial charge on any atom is -0.349 e. The Labute approximate surface area is 166 Å². The number of hydrogen-bond acceptors (Lipinski definition) is 4. The average molecular weight is 374 g/mol. The molecule has 1 amide bonds. The molecule has 0 aliphatic heterocycles. The van der Waals surface area contributed by atoms with Gasteiger partial charge in [0, 0.05) is 18.3 Å². The number of aromatic nitrogens is 2. The summed E-state index contributed by atoms with van der Waals surface area (Å²) in [5, 5.41) is 2.92. The van der Waals surface area contributed by atoms with Crippen LogP contribution in [0.25, 0.3) is 0 Å². The van der Waals surface area contributed by atoms with Gasteiger partial charge in [-0.2, -0.15) is 0 Å². The van der Waals surface area contributed by atoms with Gasteiger partial charge in [0.1, 0.15) is 11.5 Å². The van der Waals surface area contributed by atoms with E-state index in [1.807, 2.05) is 50.2 Å². The molecule has 3 aromatic rings. The zero-order chi connectivity index (χ0) is 20.1. The Morgan fingerprint density at radius 3 is 2.39 bits per heavy atom. The number of aryl methyl sites for hydroxylation is 1. The summed E-state index contributed by atoms with van der Waals surface area (Å²) >= 11 is 0. The lowest BCUT2D eigenvalue weighted by Crippen LogP contribution is -2.31. The highest BCUT2D eigenvalue weighted by molar-refractivity contribution is 6.03. The highest BCUT2D eigenvalue weighted by atomic mass is 16.1. The van der Waals surface area contributed by atoms with Gasteiger partial charge < -0.3 is 10.2 Å². The smallest absolute Gasteiger partial charge is 0.275 e. The van der Waals surface area contributed by atoms with E-state index < -0.39 is 0 Å². The van der Waals surface area contributed by atoms with Crippen molar-refractivity contribution in [3.05, 3.63) is 83.3 Å². The van der Waals surface area contributed by atoms with E-state index >= 15 is 0 Å². The SMILES string of the molecule is Cc1cccc(NC(=O)c2cnc(N(Cc3ccccc3)C(C)C)cn2)c1C. The molecule has 0 spiro atoms. The fourth-order valence-corrected chi connectivity index (χ4v) is 2.97. The first-order chi connectivity index (χ1) is 13.5. The Balaban J connectivity index is 1.75. The molecule has 0 bridgehead atoms. The number of nitrogens with zero attached hydrogens (tertiary/aromatic N) is 3. The normalized spacial score (nSPS) is 10.8. The van der Waals surface area contributed by atoms with Gasteiger partial charge in [-0.15, -0.1) is 0 Å². The van der Waals surface area contributed by atoms with Crippen molar-refractivity contribution in [3.8, 4) is 0 Å². The van der Waals surface area contributed by atoms with Crippen molar-refractivity contribution in [1.82, 2.24) is 9.97 Å². The summed E-state index contributed by atoms with van der Waals surface area (Å²) in [5.41, 5.74) is 4.48. The van der Waals surface area contributed by atoms with E-state index in [1.165, 1.54) is 11.8 Å². The standard InChI is InChI=1S/C23H26N4O/c1-16(2)27(15-19-10-6-5-7-11-19)22-14-24-21(13-25-22)23(28)26-20-12-8-9-17(3)18(20)4/h5-14,16H,15H2,1-4H3,(H,26,28). The van der Waals surface area contributed by atoms with Gasteiger partial charge in [0.15, 0.2) is 0 Å². The predicted molar refractivity (Wildman–Crippen MR) is 114 cm³/mol. The van der Waals surface area contributed by atoms with Gasteiger partial charge in [-0.1, -0.05) is 42.5 Å². The number of nitrogens with one attached hydrogen (secondary N) is 1. The molecular weight excluding hydrogens is 348 g/mol. The molecule has 1 aromatic heterocycles. The maximum atomic E-state index is 12.6. The highest BCUT2D eigenvalue weighted by Crippen LogP contribution is 2.20. The summed E-state index contributed by atoms with van der Waals surface area (Å²) in [6.45, 7) is 8.98. The molecule has 0 fully saturated rings. The third-order valence-electron chi connectivity index (χ3n) is 4.84. The zero-order valence-electron chi connectivity index (χ0n) is 16.8. The number of amides is 1. The molecule has 5 heteroatoms. The number of rotatable bonds is 6. The largest absolute Gasteiger partial charge is 0.349 e. The molecule has 0 saturated heterocycles. The Morgan fingerprint density at radius 1 is 1.00 bits per heavy atom. The molecule has 0 aliphatic carbocycles. The monoisotopic (exact) mass is 374 g/mol. The number of carbonyl (C=O) groups excluding carboxylic acids is 1. The minimum atomic E-state index is -0.257. The first-order valence-electron chi connectivity index (χ1n) is 9.46. The van der Waals surface area contributed by atoms with Crippen LogP contribution >= 0.6 is 0 Å². The second-order valence-corrected chi connectivity index (χ2v) is 7.17. The van der Waals surface area contributed by atoms with Crippen LogP contribution in [0.2, 0.25) is 0 Å². The van der Waals surface area contributed by atoms with Crippen LogP contribution in [-0.4, -0.2) is 21.9 Å². The van der Waals surface area contributed by atoms with Crippen molar-refractivity contribution in [3.63, 3.8) is 0 Å². The van der Waals surface area contributed by atoms with Crippen molar-refractivity contribution in [2.75, 3.05) is 10.2 Å². The Kier molecular flexibility index (Phi) is 6.04. The molecule has 2 aromatic carbocycles. The molecule has 0 unspecified atom stereocenters. The Hall–Kier alpha value is -3.21.